The third-order valence-corrected chi connectivity index (χ3v) is 3.51. The summed E-state index contributed by atoms with van der Waals surface area (Å²) in [5.41, 5.74) is 1.06. The number of amides is 3. The molecule has 1 aromatic carbocycles. The Labute approximate surface area is 130 Å². The van der Waals surface area contributed by atoms with E-state index < -0.39 is 18.0 Å². The molecule has 0 unspecified atom stereocenters. The Morgan fingerprint density at radius 1 is 1.30 bits per heavy atom. The summed E-state index contributed by atoms with van der Waals surface area (Å²) in [7, 11) is 1.44. The Bertz CT molecular complexity index is 758. The van der Waals surface area contributed by atoms with Gasteiger partial charge in [-0.2, -0.15) is 0 Å². The second-order valence-electron chi connectivity index (χ2n) is 5.02. The zero-order chi connectivity index (χ0) is 16.6. The van der Waals surface area contributed by atoms with Crippen molar-refractivity contribution in [2.24, 2.45) is 0 Å². The summed E-state index contributed by atoms with van der Waals surface area (Å²) in [6, 6.07) is 4.31. The molecule has 1 fully saturated rings. The van der Waals surface area contributed by atoms with Crippen LogP contribution in [0.4, 0.5) is 15.0 Å². The molecule has 0 aliphatic carbocycles. The van der Waals surface area contributed by atoms with Crippen LogP contribution in [-0.2, 0) is 9.53 Å². The number of ether oxygens (including phenoxy) is 1. The number of anilines is 1. The first-order chi connectivity index (χ1) is 11.0. The number of aromatic nitrogens is 3. The van der Waals surface area contributed by atoms with Gasteiger partial charge in [0.25, 0.3) is 5.91 Å². The molecule has 1 N–H and O–H groups in total. The SMILES string of the molecule is COC[C@@H]1NC(=O)N(c2nnn(-c3ccc(F)cc3)c2C)C1=O. The standard InChI is InChI=1S/C14H14FN5O3/c1-8-12(19-13(21)11(7-23-2)16-14(19)22)17-18-20(8)10-5-3-9(15)4-6-10/h3-6,11H,7H2,1-2H3,(H,16,22)/t11-/m0/s1. The summed E-state index contributed by atoms with van der Waals surface area (Å²) in [5, 5.41) is 10.4. The molecule has 2 aromatic rings. The molecule has 3 rings (SSSR count). The lowest BCUT2D eigenvalue weighted by Gasteiger charge is -2.10. The van der Waals surface area contributed by atoms with E-state index in [9.17, 15) is 14.0 Å². The van der Waals surface area contributed by atoms with Crippen LogP contribution >= 0.6 is 0 Å². The largest absolute Gasteiger partial charge is 0.382 e. The van der Waals surface area contributed by atoms with Gasteiger partial charge in [-0.05, 0) is 31.2 Å². The van der Waals surface area contributed by atoms with E-state index in [1.807, 2.05) is 0 Å². The number of benzene rings is 1. The predicted molar refractivity (Wildman–Crippen MR) is 77.7 cm³/mol. The first-order valence-electron chi connectivity index (χ1n) is 6.84. The number of methoxy groups -OCH3 is 1. The minimum Gasteiger partial charge on any atom is -0.382 e. The van der Waals surface area contributed by atoms with Crippen LogP contribution in [0.15, 0.2) is 24.3 Å². The molecule has 1 aliphatic rings. The van der Waals surface area contributed by atoms with Gasteiger partial charge in [0.05, 0.1) is 18.0 Å². The van der Waals surface area contributed by atoms with Crippen LogP contribution in [0.2, 0.25) is 0 Å². The van der Waals surface area contributed by atoms with Crippen LogP contribution in [0.1, 0.15) is 5.69 Å². The van der Waals surface area contributed by atoms with E-state index in [4.69, 9.17) is 4.74 Å². The number of imide groups is 1. The van der Waals surface area contributed by atoms with Gasteiger partial charge in [-0.1, -0.05) is 5.21 Å². The van der Waals surface area contributed by atoms with Gasteiger partial charge < -0.3 is 10.1 Å². The summed E-state index contributed by atoms with van der Waals surface area (Å²) >= 11 is 0. The van der Waals surface area contributed by atoms with Crippen molar-refractivity contribution >= 4 is 17.8 Å². The van der Waals surface area contributed by atoms with Crippen LogP contribution in [-0.4, -0.2) is 46.7 Å². The number of urea groups is 1. The Morgan fingerprint density at radius 2 is 2.00 bits per heavy atom. The maximum Gasteiger partial charge on any atom is 0.330 e. The number of rotatable bonds is 4. The molecule has 0 spiro atoms. The van der Waals surface area contributed by atoms with Gasteiger partial charge in [0.1, 0.15) is 11.9 Å². The number of hydrogen-bond donors (Lipinski definition) is 1. The van der Waals surface area contributed by atoms with Crippen molar-refractivity contribution in [1.29, 1.82) is 0 Å². The predicted octanol–water partition coefficient (Wildman–Crippen LogP) is 0.786. The molecule has 1 aliphatic heterocycles. The highest BCUT2D eigenvalue weighted by Gasteiger charge is 2.41. The highest BCUT2D eigenvalue weighted by molar-refractivity contribution is 6.21. The van der Waals surface area contributed by atoms with E-state index in [2.05, 4.69) is 15.6 Å². The van der Waals surface area contributed by atoms with Crippen molar-refractivity contribution in [3.05, 3.63) is 35.8 Å². The summed E-state index contributed by atoms with van der Waals surface area (Å²) in [5.74, 6) is -0.690. The Morgan fingerprint density at radius 3 is 2.65 bits per heavy atom. The second-order valence-corrected chi connectivity index (χ2v) is 5.02. The molecule has 3 amide bonds. The van der Waals surface area contributed by atoms with Crippen molar-refractivity contribution < 1.29 is 18.7 Å². The zero-order valence-corrected chi connectivity index (χ0v) is 12.5. The van der Waals surface area contributed by atoms with Gasteiger partial charge >= 0.3 is 6.03 Å². The first kappa shape index (κ1) is 15.1. The number of carbonyl (C=O) groups excluding carboxylic acids is 2. The fraction of sp³-hybridized carbons (Fsp3) is 0.286. The summed E-state index contributed by atoms with van der Waals surface area (Å²) in [6.45, 7) is 1.75. The van der Waals surface area contributed by atoms with E-state index in [-0.39, 0.29) is 18.2 Å². The van der Waals surface area contributed by atoms with Gasteiger partial charge in [0.15, 0.2) is 5.82 Å². The lowest BCUT2D eigenvalue weighted by atomic mass is 10.3. The Kier molecular flexibility index (Phi) is 3.78. The first-order valence-corrected chi connectivity index (χ1v) is 6.84. The molecule has 2 heterocycles. The molecule has 8 nitrogen and oxygen atoms in total. The van der Waals surface area contributed by atoms with Gasteiger partial charge in [-0.25, -0.2) is 18.8 Å². The molecule has 0 saturated carbocycles. The van der Waals surface area contributed by atoms with Gasteiger partial charge in [0.2, 0.25) is 0 Å². The van der Waals surface area contributed by atoms with E-state index >= 15 is 0 Å². The number of nitrogens with zero attached hydrogens (tertiary/aromatic N) is 4. The van der Waals surface area contributed by atoms with Crippen LogP contribution < -0.4 is 10.2 Å². The van der Waals surface area contributed by atoms with Crippen molar-refractivity contribution in [2.45, 2.75) is 13.0 Å². The maximum atomic E-state index is 13.0. The number of carbonyl (C=O) groups is 2. The average Bonchev–Trinajstić information content (AvgIpc) is 3.01. The molecule has 120 valence electrons. The van der Waals surface area contributed by atoms with E-state index in [0.29, 0.717) is 11.4 Å². The fourth-order valence-corrected chi connectivity index (χ4v) is 2.37. The monoisotopic (exact) mass is 319 g/mol. The highest BCUT2D eigenvalue weighted by Crippen LogP contribution is 2.23. The maximum absolute atomic E-state index is 13.0. The van der Waals surface area contributed by atoms with E-state index in [1.54, 1.807) is 6.92 Å². The van der Waals surface area contributed by atoms with Crippen molar-refractivity contribution in [3.8, 4) is 5.69 Å². The summed E-state index contributed by atoms with van der Waals surface area (Å²) in [4.78, 5) is 25.2. The van der Waals surface area contributed by atoms with Gasteiger partial charge in [0, 0.05) is 7.11 Å². The second kappa shape index (κ2) is 5.76. The number of halogens is 1. The summed E-state index contributed by atoms with van der Waals surface area (Å²) in [6.07, 6.45) is 0. The third kappa shape index (κ3) is 2.55. The van der Waals surface area contributed by atoms with Crippen molar-refractivity contribution in [2.75, 3.05) is 18.6 Å². The van der Waals surface area contributed by atoms with E-state index in [0.717, 1.165) is 4.90 Å². The van der Waals surface area contributed by atoms with Crippen molar-refractivity contribution in [1.82, 2.24) is 20.3 Å². The van der Waals surface area contributed by atoms with Crippen LogP contribution in [0.3, 0.4) is 0 Å². The van der Waals surface area contributed by atoms with Crippen LogP contribution in [0, 0.1) is 12.7 Å². The molecule has 0 bridgehead atoms. The summed E-state index contributed by atoms with van der Waals surface area (Å²) < 4.78 is 19.3. The third-order valence-electron chi connectivity index (χ3n) is 3.51. The smallest absolute Gasteiger partial charge is 0.330 e. The molecule has 23 heavy (non-hydrogen) atoms. The number of hydrogen-bond acceptors (Lipinski definition) is 5. The van der Waals surface area contributed by atoms with E-state index in [1.165, 1.54) is 36.1 Å². The topological polar surface area (TPSA) is 89.3 Å². The average molecular weight is 319 g/mol. The Balaban J connectivity index is 1.94. The van der Waals surface area contributed by atoms with Crippen molar-refractivity contribution in [3.63, 3.8) is 0 Å². The minimum absolute atomic E-state index is 0.0756. The normalized spacial score (nSPS) is 17.7. The van der Waals surface area contributed by atoms with Gasteiger partial charge in [-0.3, -0.25) is 4.79 Å². The minimum atomic E-state index is -0.747. The fourth-order valence-electron chi connectivity index (χ4n) is 2.37. The molecule has 1 aromatic heterocycles. The molecule has 0 radical (unpaired) electrons. The molecule has 1 saturated heterocycles. The lowest BCUT2D eigenvalue weighted by molar-refractivity contribution is -0.119. The lowest BCUT2D eigenvalue weighted by Crippen LogP contribution is -2.34. The highest BCUT2D eigenvalue weighted by atomic mass is 19.1. The van der Waals surface area contributed by atoms with Crippen LogP contribution in [0.5, 0.6) is 0 Å². The quantitative estimate of drug-likeness (QED) is 0.842. The van der Waals surface area contributed by atoms with Crippen LogP contribution in [0.25, 0.3) is 5.69 Å². The molecular formula is C14H14FN5O3. The Hall–Kier alpha value is -2.81. The molecule has 9 heteroatoms. The number of nitrogens with one attached hydrogen (secondary N) is 1. The molecule has 1 atom stereocenters. The zero-order valence-electron chi connectivity index (χ0n) is 12.5. The van der Waals surface area contributed by atoms with Gasteiger partial charge in [-0.15, -0.1) is 5.10 Å². The molecular weight excluding hydrogens is 305 g/mol.